The molecule has 1 aliphatic rings. The molecule has 0 radical (unpaired) electrons. The maximum atomic E-state index is 13.3. The predicted octanol–water partition coefficient (Wildman–Crippen LogP) is 4.22. The Morgan fingerprint density at radius 1 is 1.12 bits per heavy atom. The summed E-state index contributed by atoms with van der Waals surface area (Å²) >= 11 is 0. The monoisotopic (exact) mass is 446 g/mol. The number of nitriles is 1. The number of aliphatic hydroxyl groups excluding tert-OH is 1. The van der Waals surface area contributed by atoms with Crippen molar-refractivity contribution in [2.75, 3.05) is 0 Å². The molecule has 1 atom stereocenters. The SMILES string of the molecule is C[C@@H](Oc1cc(-c2cnn(C3CCC(O)CC3)c2)cn2ncc(C#N)c12)c1ccc(F)cn1. The Balaban J connectivity index is 1.49. The van der Waals surface area contributed by atoms with Gasteiger partial charge in [-0.1, -0.05) is 0 Å². The van der Waals surface area contributed by atoms with Crippen molar-refractivity contribution in [1.29, 1.82) is 5.26 Å². The van der Waals surface area contributed by atoms with Crippen LogP contribution in [0.5, 0.6) is 5.75 Å². The highest BCUT2D eigenvalue weighted by Gasteiger charge is 2.22. The summed E-state index contributed by atoms with van der Waals surface area (Å²) in [6.45, 7) is 1.82. The molecule has 0 bridgehead atoms. The summed E-state index contributed by atoms with van der Waals surface area (Å²) in [5.74, 6) is 0.0658. The van der Waals surface area contributed by atoms with Gasteiger partial charge in [-0.25, -0.2) is 8.91 Å². The standard InChI is InChI=1S/C24H23FN6O2/c1-15(22-7-2-19(25)12-27-22)33-23-8-16(13-31-24(23)17(9-26)10-29-31)18-11-28-30(14-18)20-3-5-21(32)6-4-20/h2,7-8,10-15,20-21,32H,3-6H2,1H3/t15-,20?,21?/m1/s1. The van der Waals surface area contributed by atoms with Gasteiger partial charge in [0.15, 0.2) is 0 Å². The van der Waals surface area contributed by atoms with Crippen LogP contribution in [0.2, 0.25) is 0 Å². The van der Waals surface area contributed by atoms with Crippen LogP contribution in [0.3, 0.4) is 0 Å². The number of hydrogen-bond acceptors (Lipinski definition) is 6. The Kier molecular flexibility index (Phi) is 5.52. The quantitative estimate of drug-likeness (QED) is 0.493. The lowest BCUT2D eigenvalue weighted by atomic mass is 9.93. The molecular formula is C24H23FN6O2. The molecule has 0 saturated heterocycles. The van der Waals surface area contributed by atoms with Crippen LogP contribution in [0.15, 0.2) is 49.2 Å². The fraction of sp³-hybridized carbons (Fsp3) is 0.333. The van der Waals surface area contributed by atoms with Crippen LogP contribution in [0.25, 0.3) is 16.6 Å². The second kappa shape index (κ2) is 8.64. The van der Waals surface area contributed by atoms with Crippen LogP contribution in [0.1, 0.15) is 56.0 Å². The van der Waals surface area contributed by atoms with E-state index in [-0.39, 0.29) is 12.1 Å². The lowest BCUT2D eigenvalue weighted by Gasteiger charge is -2.25. The van der Waals surface area contributed by atoms with Gasteiger partial charge in [0.05, 0.1) is 36.4 Å². The van der Waals surface area contributed by atoms with Crippen LogP contribution in [-0.2, 0) is 0 Å². The van der Waals surface area contributed by atoms with Crippen molar-refractivity contribution < 1.29 is 14.2 Å². The van der Waals surface area contributed by atoms with E-state index >= 15 is 0 Å². The van der Waals surface area contributed by atoms with Gasteiger partial charge in [0.2, 0.25) is 0 Å². The molecule has 4 heterocycles. The number of nitrogens with zero attached hydrogens (tertiary/aromatic N) is 6. The van der Waals surface area contributed by atoms with E-state index in [4.69, 9.17) is 4.74 Å². The van der Waals surface area contributed by atoms with E-state index in [9.17, 15) is 14.8 Å². The Morgan fingerprint density at radius 2 is 1.94 bits per heavy atom. The average molecular weight is 446 g/mol. The van der Waals surface area contributed by atoms with E-state index in [0.717, 1.165) is 43.0 Å². The van der Waals surface area contributed by atoms with E-state index in [2.05, 4.69) is 21.3 Å². The zero-order chi connectivity index (χ0) is 22.9. The van der Waals surface area contributed by atoms with Gasteiger partial charge >= 0.3 is 0 Å². The molecule has 1 fully saturated rings. The fourth-order valence-corrected chi connectivity index (χ4v) is 4.30. The van der Waals surface area contributed by atoms with Gasteiger partial charge in [0.1, 0.15) is 34.8 Å². The van der Waals surface area contributed by atoms with Gasteiger partial charge in [-0.05, 0) is 50.8 Å². The largest absolute Gasteiger partial charge is 0.482 e. The molecule has 1 aliphatic carbocycles. The predicted molar refractivity (Wildman–Crippen MR) is 118 cm³/mol. The fourth-order valence-electron chi connectivity index (χ4n) is 4.30. The lowest BCUT2D eigenvalue weighted by molar-refractivity contribution is 0.108. The Morgan fingerprint density at radius 3 is 2.67 bits per heavy atom. The Bertz CT molecular complexity index is 1320. The minimum atomic E-state index is -0.470. The molecule has 8 nitrogen and oxygen atoms in total. The molecule has 0 spiro atoms. The summed E-state index contributed by atoms with van der Waals surface area (Å²) in [5, 5.41) is 28.2. The minimum Gasteiger partial charge on any atom is -0.482 e. The van der Waals surface area contributed by atoms with Crippen molar-refractivity contribution >= 4 is 5.52 Å². The van der Waals surface area contributed by atoms with Crippen molar-refractivity contribution in [2.24, 2.45) is 0 Å². The third-order valence-electron chi connectivity index (χ3n) is 6.14. The Labute approximate surface area is 189 Å². The third-order valence-corrected chi connectivity index (χ3v) is 6.14. The Hall–Kier alpha value is -3.77. The molecule has 5 rings (SSSR count). The van der Waals surface area contributed by atoms with E-state index in [1.807, 2.05) is 30.1 Å². The highest BCUT2D eigenvalue weighted by molar-refractivity contribution is 5.75. The summed E-state index contributed by atoms with van der Waals surface area (Å²) in [4.78, 5) is 4.11. The second-order valence-electron chi connectivity index (χ2n) is 8.39. The summed E-state index contributed by atoms with van der Waals surface area (Å²) in [6, 6.07) is 7.20. The summed E-state index contributed by atoms with van der Waals surface area (Å²) in [5.41, 5.74) is 3.27. The van der Waals surface area contributed by atoms with Crippen LogP contribution >= 0.6 is 0 Å². The summed E-state index contributed by atoms with van der Waals surface area (Å²) in [7, 11) is 0. The van der Waals surface area contributed by atoms with Crippen LogP contribution in [0.4, 0.5) is 4.39 Å². The first-order chi connectivity index (χ1) is 16.0. The lowest BCUT2D eigenvalue weighted by Crippen LogP contribution is -2.21. The maximum absolute atomic E-state index is 13.3. The molecule has 0 unspecified atom stereocenters. The zero-order valence-electron chi connectivity index (χ0n) is 18.1. The molecule has 4 aromatic rings. The molecule has 1 saturated carbocycles. The maximum Gasteiger partial charge on any atom is 0.148 e. The van der Waals surface area contributed by atoms with E-state index in [1.165, 1.54) is 12.3 Å². The molecule has 0 amide bonds. The molecular weight excluding hydrogens is 423 g/mol. The number of ether oxygens (including phenoxy) is 1. The van der Waals surface area contributed by atoms with Gasteiger partial charge in [0.25, 0.3) is 0 Å². The number of rotatable bonds is 5. The number of halogens is 1. The average Bonchev–Trinajstić information content (AvgIpc) is 3.47. The van der Waals surface area contributed by atoms with Gasteiger partial charge in [-0.3, -0.25) is 9.67 Å². The minimum absolute atomic E-state index is 0.217. The van der Waals surface area contributed by atoms with Crippen LogP contribution in [-0.4, -0.2) is 35.6 Å². The highest BCUT2D eigenvalue weighted by Crippen LogP contribution is 2.34. The molecule has 168 valence electrons. The van der Waals surface area contributed by atoms with Crippen LogP contribution in [0, 0.1) is 17.1 Å². The first-order valence-electron chi connectivity index (χ1n) is 10.9. The molecule has 1 N–H and O–H groups in total. The number of aliphatic hydroxyl groups is 1. The van der Waals surface area contributed by atoms with Crippen molar-refractivity contribution in [1.82, 2.24) is 24.4 Å². The smallest absolute Gasteiger partial charge is 0.148 e. The normalized spacial score (nSPS) is 19.3. The number of fused-ring (bicyclic) bond motifs is 1. The number of hydrogen-bond donors (Lipinski definition) is 1. The molecule has 0 aromatic carbocycles. The number of pyridine rings is 2. The van der Waals surface area contributed by atoms with Gasteiger partial charge < -0.3 is 9.84 Å². The van der Waals surface area contributed by atoms with Gasteiger partial charge in [-0.2, -0.15) is 15.5 Å². The van der Waals surface area contributed by atoms with Crippen molar-refractivity contribution in [2.45, 2.75) is 50.9 Å². The van der Waals surface area contributed by atoms with Gasteiger partial charge in [0, 0.05) is 23.5 Å². The first-order valence-corrected chi connectivity index (χ1v) is 10.9. The van der Waals surface area contributed by atoms with Gasteiger partial charge in [-0.15, -0.1) is 0 Å². The zero-order valence-corrected chi connectivity index (χ0v) is 18.1. The summed E-state index contributed by atoms with van der Waals surface area (Å²) < 4.78 is 23.1. The second-order valence-corrected chi connectivity index (χ2v) is 8.39. The van der Waals surface area contributed by atoms with E-state index < -0.39 is 11.9 Å². The topological polar surface area (TPSA) is 101 Å². The summed E-state index contributed by atoms with van der Waals surface area (Å²) in [6.07, 6.45) is 11.0. The van der Waals surface area contributed by atoms with Crippen molar-refractivity contribution in [3.8, 4) is 22.9 Å². The molecule has 9 heteroatoms. The molecule has 4 aromatic heterocycles. The first kappa shape index (κ1) is 21.1. The highest BCUT2D eigenvalue weighted by atomic mass is 19.1. The van der Waals surface area contributed by atoms with Crippen molar-refractivity contribution in [3.63, 3.8) is 0 Å². The molecule has 33 heavy (non-hydrogen) atoms. The third kappa shape index (κ3) is 4.17. The number of aromatic nitrogens is 5. The van der Waals surface area contributed by atoms with Crippen molar-refractivity contribution in [3.05, 3.63) is 66.3 Å². The van der Waals surface area contributed by atoms with E-state index in [0.29, 0.717) is 22.5 Å². The van der Waals surface area contributed by atoms with Crippen LogP contribution < -0.4 is 4.74 Å². The molecule has 0 aliphatic heterocycles. The van der Waals surface area contributed by atoms with E-state index in [1.54, 1.807) is 16.8 Å².